The van der Waals surface area contributed by atoms with Crippen molar-refractivity contribution in [3.05, 3.63) is 12.7 Å². The Kier molecular flexibility index (Phi) is 3.25. The minimum absolute atomic E-state index is 0.140. The van der Waals surface area contributed by atoms with E-state index in [0.29, 0.717) is 0 Å². The lowest BCUT2D eigenvalue weighted by atomic mass is 10.3. The Morgan fingerprint density at radius 2 is 2.20 bits per heavy atom. The molecule has 0 unspecified atom stereocenters. The Bertz CT molecular complexity index is 321. The van der Waals surface area contributed by atoms with E-state index in [4.69, 9.17) is 0 Å². The maximum atomic E-state index is 12.0. The van der Waals surface area contributed by atoms with Gasteiger partial charge in [0.2, 0.25) is 5.91 Å². The highest BCUT2D eigenvalue weighted by Gasteiger charge is 2.23. The number of thioether (sulfide) groups is 1. The molecule has 2 rings (SSSR count). The molecule has 5 nitrogen and oxygen atoms in total. The van der Waals surface area contributed by atoms with Crippen LogP contribution in [0.3, 0.4) is 0 Å². The highest BCUT2D eigenvalue weighted by atomic mass is 32.2. The summed E-state index contributed by atoms with van der Waals surface area (Å²) in [4.78, 5) is 17.8. The summed E-state index contributed by atoms with van der Waals surface area (Å²) >= 11 is 1.90. The molecule has 2 heterocycles. The van der Waals surface area contributed by atoms with Crippen molar-refractivity contribution in [3.8, 4) is 0 Å². The molecule has 0 radical (unpaired) electrons. The lowest BCUT2D eigenvalue weighted by Gasteiger charge is -2.28. The van der Waals surface area contributed by atoms with Crippen molar-refractivity contribution in [2.24, 2.45) is 0 Å². The number of amides is 1. The van der Waals surface area contributed by atoms with Gasteiger partial charge < -0.3 is 4.90 Å². The van der Waals surface area contributed by atoms with E-state index in [1.54, 1.807) is 11.0 Å². The van der Waals surface area contributed by atoms with E-state index in [1.807, 2.05) is 23.6 Å². The Hall–Kier alpha value is -1.04. The molecule has 0 aromatic carbocycles. The van der Waals surface area contributed by atoms with Gasteiger partial charge in [-0.25, -0.2) is 9.67 Å². The van der Waals surface area contributed by atoms with Crippen molar-refractivity contribution in [3.63, 3.8) is 0 Å². The normalized spacial score (nSPS) is 18.9. The van der Waals surface area contributed by atoms with E-state index in [2.05, 4.69) is 10.1 Å². The molecule has 1 fully saturated rings. The first-order chi connectivity index (χ1) is 7.29. The average Bonchev–Trinajstić information content (AvgIpc) is 2.82. The number of nitrogens with zero attached hydrogens (tertiary/aromatic N) is 4. The van der Waals surface area contributed by atoms with Gasteiger partial charge in [-0.2, -0.15) is 16.9 Å². The lowest BCUT2D eigenvalue weighted by Crippen LogP contribution is -2.41. The number of carbonyl (C=O) groups excluding carboxylic acids is 1. The molecule has 1 aliphatic rings. The Morgan fingerprint density at radius 1 is 1.47 bits per heavy atom. The third-order valence-corrected chi connectivity index (χ3v) is 3.46. The van der Waals surface area contributed by atoms with E-state index in [-0.39, 0.29) is 11.9 Å². The van der Waals surface area contributed by atoms with Crippen molar-refractivity contribution < 1.29 is 4.79 Å². The number of aromatic nitrogens is 3. The second-order valence-electron chi connectivity index (χ2n) is 3.49. The Labute approximate surface area is 92.9 Å². The summed E-state index contributed by atoms with van der Waals surface area (Å²) in [5, 5.41) is 3.98. The molecule has 82 valence electrons. The molecular weight excluding hydrogens is 212 g/mol. The largest absolute Gasteiger partial charge is 0.339 e. The highest BCUT2D eigenvalue weighted by molar-refractivity contribution is 7.99. The van der Waals surface area contributed by atoms with E-state index < -0.39 is 0 Å². The SMILES string of the molecule is C[C@@H](C(=O)N1CCSCC1)n1cncn1. The van der Waals surface area contributed by atoms with Gasteiger partial charge in [-0.3, -0.25) is 4.79 Å². The minimum atomic E-state index is -0.240. The van der Waals surface area contributed by atoms with Gasteiger partial charge >= 0.3 is 0 Å². The Morgan fingerprint density at radius 3 is 2.80 bits per heavy atom. The zero-order valence-electron chi connectivity index (χ0n) is 8.67. The molecule has 1 aliphatic heterocycles. The maximum Gasteiger partial charge on any atom is 0.247 e. The van der Waals surface area contributed by atoms with E-state index >= 15 is 0 Å². The second kappa shape index (κ2) is 4.65. The van der Waals surface area contributed by atoms with Crippen LogP contribution < -0.4 is 0 Å². The fourth-order valence-electron chi connectivity index (χ4n) is 1.58. The fraction of sp³-hybridized carbons (Fsp3) is 0.667. The van der Waals surface area contributed by atoms with Crippen LogP contribution in [0.4, 0.5) is 0 Å². The van der Waals surface area contributed by atoms with Gasteiger partial charge in [-0.1, -0.05) is 0 Å². The van der Waals surface area contributed by atoms with Crippen molar-refractivity contribution in [2.75, 3.05) is 24.6 Å². The smallest absolute Gasteiger partial charge is 0.247 e. The van der Waals surface area contributed by atoms with E-state index in [1.165, 1.54) is 6.33 Å². The summed E-state index contributed by atoms with van der Waals surface area (Å²) in [6.07, 6.45) is 3.04. The molecule has 0 saturated carbocycles. The minimum Gasteiger partial charge on any atom is -0.339 e. The molecule has 6 heteroatoms. The summed E-state index contributed by atoms with van der Waals surface area (Å²) in [6, 6.07) is -0.240. The van der Waals surface area contributed by atoms with Crippen LogP contribution >= 0.6 is 11.8 Å². The molecule has 1 atom stereocenters. The van der Waals surface area contributed by atoms with Crippen LogP contribution in [0.25, 0.3) is 0 Å². The van der Waals surface area contributed by atoms with Gasteiger partial charge in [0.05, 0.1) is 0 Å². The second-order valence-corrected chi connectivity index (χ2v) is 4.71. The van der Waals surface area contributed by atoms with Crippen LogP contribution in [0.2, 0.25) is 0 Å². The summed E-state index contributed by atoms with van der Waals surface area (Å²) in [7, 11) is 0. The standard InChI is InChI=1S/C9H14N4OS/c1-8(13-7-10-6-11-13)9(14)12-2-4-15-5-3-12/h6-8H,2-5H2,1H3/t8-/m0/s1. The first-order valence-corrected chi connectivity index (χ1v) is 6.15. The van der Waals surface area contributed by atoms with Crippen molar-refractivity contribution in [2.45, 2.75) is 13.0 Å². The first-order valence-electron chi connectivity index (χ1n) is 4.99. The quantitative estimate of drug-likeness (QED) is 0.733. The van der Waals surface area contributed by atoms with Gasteiger partial charge in [0.15, 0.2) is 0 Å². The van der Waals surface area contributed by atoms with Gasteiger partial charge in [0.25, 0.3) is 0 Å². The van der Waals surface area contributed by atoms with Gasteiger partial charge in [-0.15, -0.1) is 0 Å². The molecule has 0 aliphatic carbocycles. The van der Waals surface area contributed by atoms with Crippen molar-refractivity contribution in [1.82, 2.24) is 19.7 Å². The predicted molar refractivity (Wildman–Crippen MR) is 58.6 cm³/mol. The van der Waals surface area contributed by atoms with Crippen LogP contribution in [0, 0.1) is 0 Å². The number of hydrogen-bond acceptors (Lipinski definition) is 4. The van der Waals surface area contributed by atoms with Crippen molar-refractivity contribution in [1.29, 1.82) is 0 Å². The average molecular weight is 226 g/mol. The fourth-order valence-corrected chi connectivity index (χ4v) is 2.48. The summed E-state index contributed by atoms with van der Waals surface area (Å²) in [6.45, 7) is 3.56. The summed E-state index contributed by atoms with van der Waals surface area (Å²) in [5.74, 6) is 2.21. The summed E-state index contributed by atoms with van der Waals surface area (Å²) < 4.78 is 1.60. The van der Waals surface area contributed by atoms with Crippen molar-refractivity contribution >= 4 is 17.7 Å². The third kappa shape index (κ3) is 2.31. The Balaban J connectivity index is 2.00. The molecule has 1 aromatic rings. The molecule has 0 bridgehead atoms. The van der Waals surface area contributed by atoms with Gasteiger partial charge in [0.1, 0.15) is 18.7 Å². The topological polar surface area (TPSA) is 51.0 Å². The van der Waals surface area contributed by atoms with Crippen LogP contribution in [0.5, 0.6) is 0 Å². The third-order valence-electron chi connectivity index (χ3n) is 2.51. The van der Waals surface area contributed by atoms with Crippen LogP contribution in [0.1, 0.15) is 13.0 Å². The monoisotopic (exact) mass is 226 g/mol. The summed E-state index contributed by atoms with van der Waals surface area (Å²) in [5.41, 5.74) is 0. The number of rotatable bonds is 2. The van der Waals surface area contributed by atoms with E-state index in [0.717, 1.165) is 24.6 Å². The maximum absolute atomic E-state index is 12.0. The van der Waals surface area contributed by atoms with Crippen LogP contribution in [-0.2, 0) is 4.79 Å². The molecular formula is C9H14N4OS. The predicted octanol–water partition coefficient (Wildman–Crippen LogP) is 0.415. The molecule has 0 N–H and O–H groups in total. The molecule has 1 aromatic heterocycles. The van der Waals surface area contributed by atoms with Crippen LogP contribution in [-0.4, -0.2) is 50.2 Å². The highest BCUT2D eigenvalue weighted by Crippen LogP contribution is 2.14. The zero-order valence-corrected chi connectivity index (χ0v) is 9.48. The number of hydrogen-bond donors (Lipinski definition) is 0. The first kappa shape index (κ1) is 10.5. The van der Waals surface area contributed by atoms with Crippen LogP contribution in [0.15, 0.2) is 12.7 Å². The molecule has 0 spiro atoms. The lowest BCUT2D eigenvalue weighted by molar-refractivity contribution is -0.134. The molecule has 15 heavy (non-hydrogen) atoms. The number of carbonyl (C=O) groups is 1. The molecule has 1 saturated heterocycles. The van der Waals surface area contributed by atoms with Gasteiger partial charge in [-0.05, 0) is 6.92 Å². The molecule has 1 amide bonds. The van der Waals surface area contributed by atoms with Gasteiger partial charge in [0, 0.05) is 24.6 Å². The zero-order chi connectivity index (χ0) is 10.7. The van der Waals surface area contributed by atoms with E-state index in [9.17, 15) is 4.79 Å².